The summed E-state index contributed by atoms with van der Waals surface area (Å²) in [7, 11) is 0. The highest BCUT2D eigenvalue weighted by Gasteiger charge is 2.28. The van der Waals surface area contributed by atoms with Crippen LogP contribution in [0.15, 0.2) is 0 Å². The van der Waals surface area contributed by atoms with E-state index in [1.165, 1.54) is 0 Å². The molecule has 0 aliphatic rings. The van der Waals surface area contributed by atoms with Gasteiger partial charge in [-0.2, -0.15) is 0 Å². The molecule has 0 heterocycles. The predicted octanol–water partition coefficient (Wildman–Crippen LogP) is 2.26. The minimum Gasteiger partial charge on any atom is -0.330 e. The van der Waals surface area contributed by atoms with E-state index >= 15 is 0 Å². The van der Waals surface area contributed by atoms with Gasteiger partial charge in [0, 0.05) is 6.42 Å². The van der Waals surface area contributed by atoms with E-state index in [9.17, 15) is 8.78 Å². The summed E-state index contributed by atoms with van der Waals surface area (Å²) < 4.78 is 24.0. The van der Waals surface area contributed by atoms with Crippen molar-refractivity contribution in [2.24, 2.45) is 17.1 Å². The highest BCUT2D eigenvalue weighted by atomic mass is 19.3. The van der Waals surface area contributed by atoms with Crippen LogP contribution in [0, 0.1) is 11.3 Å². The largest absolute Gasteiger partial charge is 0.330 e. The number of rotatable bonds is 4. The van der Waals surface area contributed by atoms with Crippen molar-refractivity contribution in [3.05, 3.63) is 0 Å². The van der Waals surface area contributed by atoms with Gasteiger partial charge in [-0.15, -0.1) is 0 Å². The van der Waals surface area contributed by atoms with E-state index < -0.39 is 6.43 Å². The van der Waals surface area contributed by atoms with Gasteiger partial charge in [0.2, 0.25) is 6.43 Å². The molecule has 11 heavy (non-hydrogen) atoms. The standard InChI is InChI=1S/C8H17F2N/c1-6(5-11)8(2,3)4-7(9)10/h6-7H,4-5,11H2,1-3H3. The smallest absolute Gasteiger partial charge is 0.239 e. The molecule has 0 aromatic rings. The van der Waals surface area contributed by atoms with Gasteiger partial charge < -0.3 is 5.73 Å². The van der Waals surface area contributed by atoms with Crippen molar-refractivity contribution in [1.82, 2.24) is 0 Å². The van der Waals surface area contributed by atoms with E-state index in [-0.39, 0.29) is 17.8 Å². The molecule has 0 spiro atoms. The van der Waals surface area contributed by atoms with Gasteiger partial charge in [0.05, 0.1) is 0 Å². The maximum atomic E-state index is 12.0. The molecule has 0 aromatic heterocycles. The van der Waals surface area contributed by atoms with Gasteiger partial charge in [-0.3, -0.25) is 0 Å². The monoisotopic (exact) mass is 165 g/mol. The Morgan fingerprint density at radius 2 is 1.82 bits per heavy atom. The maximum Gasteiger partial charge on any atom is 0.239 e. The molecule has 3 heteroatoms. The van der Waals surface area contributed by atoms with Crippen LogP contribution in [0.3, 0.4) is 0 Å². The lowest BCUT2D eigenvalue weighted by Crippen LogP contribution is -2.30. The Morgan fingerprint density at radius 1 is 1.36 bits per heavy atom. The summed E-state index contributed by atoms with van der Waals surface area (Å²) in [6, 6.07) is 0. The molecule has 1 atom stereocenters. The summed E-state index contributed by atoms with van der Waals surface area (Å²) in [5.41, 5.74) is 5.04. The van der Waals surface area contributed by atoms with Crippen LogP contribution < -0.4 is 5.73 Å². The summed E-state index contributed by atoms with van der Waals surface area (Å²) in [5, 5.41) is 0. The Labute approximate surface area is 67.0 Å². The minimum atomic E-state index is -2.22. The second-order valence-electron chi connectivity index (χ2n) is 3.72. The molecule has 0 radical (unpaired) electrons. The first-order valence-corrected chi connectivity index (χ1v) is 3.88. The molecule has 68 valence electrons. The second kappa shape index (κ2) is 4.00. The molecule has 1 unspecified atom stereocenters. The lowest BCUT2D eigenvalue weighted by molar-refractivity contribution is 0.0633. The zero-order valence-electron chi connectivity index (χ0n) is 7.40. The third-order valence-electron chi connectivity index (χ3n) is 2.37. The molecule has 1 nitrogen and oxygen atoms in total. The van der Waals surface area contributed by atoms with Gasteiger partial charge in [-0.25, -0.2) is 8.78 Å². The highest BCUT2D eigenvalue weighted by molar-refractivity contribution is 4.76. The van der Waals surface area contributed by atoms with Crippen LogP contribution in [-0.4, -0.2) is 13.0 Å². The first kappa shape index (κ1) is 10.8. The Bertz CT molecular complexity index is 113. The minimum absolute atomic E-state index is 0.0641. The first-order chi connectivity index (χ1) is 4.90. The molecule has 2 N–H and O–H groups in total. The van der Waals surface area contributed by atoms with Crippen LogP contribution in [0.5, 0.6) is 0 Å². The van der Waals surface area contributed by atoms with Crippen molar-refractivity contribution in [2.45, 2.75) is 33.6 Å². The van der Waals surface area contributed by atoms with Gasteiger partial charge in [-0.1, -0.05) is 20.8 Å². The number of hydrogen-bond donors (Lipinski definition) is 1. The Hall–Kier alpha value is -0.180. The highest BCUT2D eigenvalue weighted by Crippen LogP contribution is 2.32. The molecular formula is C8H17F2N. The van der Waals surface area contributed by atoms with Crippen molar-refractivity contribution in [3.63, 3.8) is 0 Å². The maximum absolute atomic E-state index is 12.0. The molecular weight excluding hydrogens is 148 g/mol. The summed E-state index contributed by atoms with van der Waals surface area (Å²) in [6.45, 7) is 6.04. The van der Waals surface area contributed by atoms with Gasteiger partial charge in [0.15, 0.2) is 0 Å². The third kappa shape index (κ3) is 3.65. The normalized spacial score (nSPS) is 15.5. The van der Waals surface area contributed by atoms with Gasteiger partial charge in [0.25, 0.3) is 0 Å². The lowest BCUT2D eigenvalue weighted by atomic mass is 9.77. The Kier molecular flexibility index (Phi) is 3.93. The molecule has 0 amide bonds. The Morgan fingerprint density at radius 3 is 2.09 bits per heavy atom. The van der Waals surface area contributed by atoms with E-state index in [0.717, 1.165) is 0 Å². The van der Waals surface area contributed by atoms with Crippen LogP contribution in [0.4, 0.5) is 8.78 Å². The summed E-state index contributed by atoms with van der Waals surface area (Å²) in [4.78, 5) is 0. The number of halogens is 2. The third-order valence-corrected chi connectivity index (χ3v) is 2.37. The van der Waals surface area contributed by atoms with Crippen molar-refractivity contribution in [3.8, 4) is 0 Å². The van der Waals surface area contributed by atoms with Crippen molar-refractivity contribution in [2.75, 3.05) is 6.54 Å². The summed E-state index contributed by atoms with van der Waals surface area (Å²) >= 11 is 0. The lowest BCUT2D eigenvalue weighted by Gasteiger charge is -2.30. The van der Waals surface area contributed by atoms with E-state index in [2.05, 4.69) is 0 Å². The fourth-order valence-corrected chi connectivity index (χ4v) is 0.918. The van der Waals surface area contributed by atoms with E-state index in [4.69, 9.17) is 5.73 Å². The van der Waals surface area contributed by atoms with Gasteiger partial charge in [-0.05, 0) is 17.9 Å². The molecule has 0 aliphatic heterocycles. The molecule has 0 bridgehead atoms. The molecule has 0 aliphatic carbocycles. The summed E-state index contributed by atoms with van der Waals surface area (Å²) in [6.07, 6.45) is -2.29. The average molecular weight is 165 g/mol. The van der Waals surface area contributed by atoms with E-state index in [0.29, 0.717) is 6.54 Å². The first-order valence-electron chi connectivity index (χ1n) is 3.88. The van der Waals surface area contributed by atoms with Crippen LogP contribution >= 0.6 is 0 Å². The number of hydrogen-bond acceptors (Lipinski definition) is 1. The van der Waals surface area contributed by atoms with Crippen LogP contribution in [-0.2, 0) is 0 Å². The molecule has 0 saturated heterocycles. The zero-order valence-corrected chi connectivity index (χ0v) is 7.40. The average Bonchev–Trinajstić information content (AvgIpc) is 1.83. The molecule has 0 fully saturated rings. The fraction of sp³-hybridized carbons (Fsp3) is 1.00. The Balaban J connectivity index is 3.98. The molecule has 0 rings (SSSR count). The van der Waals surface area contributed by atoms with Crippen molar-refractivity contribution in [1.29, 1.82) is 0 Å². The zero-order chi connectivity index (χ0) is 9.07. The second-order valence-corrected chi connectivity index (χ2v) is 3.72. The van der Waals surface area contributed by atoms with Crippen LogP contribution in [0.25, 0.3) is 0 Å². The van der Waals surface area contributed by atoms with Crippen molar-refractivity contribution < 1.29 is 8.78 Å². The number of nitrogens with two attached hydrogens (primary N) is 1. The van der Waals surface area contributed by atoms with E-state index in [1.807, 2.05) is 20.8 Å². The fourth-order valence-electron chi connectivity index (χ4n) is 0.918. The number of alkyl halides is 2. The summed E-state index contributed by atoms with van der Waals surface area (Å²) in [5.74, 6) is 0.150. The van der Waals surface area contributed by atoms with Gasteiger partial charge in [0.1, 0.15) is 0 Å². The van der Waals surface area contributed by atoms with Crippen LogP contribution in [0.1, 0.15) is 27.2 Å². The van der Waals surface area contributed by atoms with Crippen molar-refractivity contribution >= 4 is 0 Å². The topological polar surface area (TPSA) is 26.0 Å². The van der Waals surface area contributed by atoms with Crippen LogP contribution in [0.2, 0.25) is 0 Å². The van der Waals surface area contributed by atoms with E-state index in [1.54, 1.807) is 0 Å². The molecule has 0 aromatic carbocycles. The molecule has 0 saturated carbocycles. The van der Waals surface area contributed by atoms with Gasteiger partial charge >= 0.3 is 0 Å². The predicted molar refractivity (Wildman–Crippen MR) is 42.6 cm³/mol. The quantitative estimate of drug-likeness (QED) is 0.679. The SMILES string of the molecule is CC(CN)C(C)(C)CC(F)F.